The topological polar surface area (TPSA) is 22.0 Å². The first-order chi connectivity index (χ1) is 11.5. The van der Waals surface area contributed by atoms with E-state index in [9.17, 15) is 4.79 Å². The first kappa shape index (κ1) is 16.1. The van der Waals surface area contributed by atoms with E-state index in [2.05, 4.69) is 34.7 Å². The number of carbonyl (C=O) groups excluding carboxylic acids is 1. The third-order valence-corrected chi connectivity index (χ3v) is 4.21. The Bertz CT molecular complexity index is 934. The molecular weight excluding hydrogens is 294 g/mol. The van der Waals surface area contributed by atoms with Gasteiger partial charge in [0, 0.05) is 42.0 Å². The summed E-state index contributed by atoms with van der Waals surface area (Å²) in [5.41, 5.74) is 4.23. The summed E-state index contributed by atoms with van der Waals surface area (Å²) in [7, 11) is 2.04. The van der Waals surface area contributed by atoms with Crippen LogP contribution in [0, 0.1) is 17.8 Å². The van der Waals surface area contributed by atoms with E-state index in [1.54, 1.807) is 0 Å². The highest BCUT2D eigenvalue weighted by Crippen LogP contribution is 2.19. The molecule has 2 aromatic carbocycles. The van der Waals surface area contributed by atoms with Crippen molar-refractivity contribution < 1.29 is 4.79 Å². The molecule has 0 unspecified atom stereocenters. The molecule has 3 rings (SSSR count). The third kappa shape index (κ3) is 3.41. The predicted octanol–water partition coefficient (Wildman–Crippen LogP) is 4.35. The molecule has 0 aliphatic rings. The zero-order chi connectivity index (χ0) is 17.1. The van der Waals surface area contributed by atoms with Crippen molar-refractivity contribution in [2.75, 3.05) is 0 Å². The second-order valence-corrected chi connectivity index (χ2v) is 6.42. The Hall–Kier alpha value is -2.79. The number of benzene rings is 2. The Morgan fingerprint density at radius 1 is 1.04 bits per heavy atom. The van der Waals surface area contributed by atoms with Gasteiger partial charge in [0.1, 0.15) is 5.78 Å². The maximum atomic E-state index is 11.8. The van der Waals surface area contributed by atoms with Gasteiger partial charge in [-0.05, 0) is 23.8 Å². The summed E-state index contributed by atoms with van der Waals surface area (Å²) in [6, 6.07) is 16.2. The van der Waals surface area contributed by atoms with Gasteiger partial charge in [-0.1, -0.05) is 56.0 Å². The average Bonchev–Trinajstić information content (AvgIpc) is 2.91. The van der Waals surface area contributed by atoms with Gasteiger partial charge in [0.25, 0.3) is 0 Å². The van der Waals surface area contributed by atoms with Crippen molar-refractivity contribution in [2.45, 2.75) is 20.3 Å². The van der Waals surface area contributed by atoms with E-state index in [0.717, 1.165) is 16.7 Å². The maximum absolute atomic E-state index is 11.8. The van der Waals surface area contributed by atoms with E-state index in [0.29, 0.717) is 6.42 Å². The van der Waals surface area contributed by atoms with Gasteiger partial charge in [0.2, 0.25) is 0 Å². The molecule has 0 aliphatic heterocycles. The van der Waals surface area contributed by atoms with Crippen LogP contribution in [0.3, 0.4) is 0 Å². The molecule has 120 valence electrons. The lowest BCUT2D eigenvalue weighted by Crippen LogP contribution is -2.09. The van der Waals surface area contributed by atoms with Crippen LogP contribution < -0.4 is 0 Å². The monoisotopic (exact) mass is 315 g/mol. The van der Waals surface area contributed by atoms with Crippen LogP contribution in [0.15, 0.2) is 54.7 Å². The Balaban J connectivity index is 1.82. The molecule has 2 heteroatoms. The zero-order valence-corrected chi connectivity index (χ0v) is 14.3. The SMILES string of the molecule is CC(C)C(=O)Cc1ccc(C#Cc2cn(C)c3ccccc23)cc1. The van der Waals surface area contributed by atoms with Crippen molar-refractivity contribution in [3.8, 4) is 11.8 Å². The molecule has 0 bridgehead atoms. The third-order valence-electron chi connectivity index (χ3n) is 4.21. The second kappa shape index (κ2) is 6.76. The number of aryl methyl sites for hydroxylation is 1. The highest BCUT2D eigenvalue weighted by atomic mass is 16.1. The van der Waals surface area contributed by atoms with Crippen LogP contribution >= 0.6 is 0 Å². The molecule has 3 aromatic rings. The Labute approximate surface area is 143 Å². The van der Waals surface area contributed by atoms with Gasteiger partial charge in [0.05, 0.1) is 5.56 Å². The summed E-state index contributed by atoms with van der Waals surface area (Å²) < 4.78 is 2.10. The van der Waals surface area contributed by atoms with Gasteiger partial charge < -0.3 is 4.57 Å². The Morgan fingerprint density at radius 3 is 2.46 bits per heavy atom. The highest BCUT2D eigenvalue weighted by Gasteiger charge is 2.07. The van der Waals surface area contributed by atoms with Crippen LogP contribution in [0.4, 0.5) is 0 Å². The average molecular weight is 315 g/mol. The van der Waals surface area contributed by atoms with E-state index < -0.39 is 0 Å². The molecule has 0 saturated carbocycles. The number of nitrogens with zero attached hydrogens (tertiary/aromatic N) is 1. The van der Waals surface area contributed by atoms with Gasteiger partial charge in [-0.25, -0.2) is 0 Å². The van der Waals surface area contributed by atoms with Gasteiger partial charge in [-0.3, -0.25) is 4.79 Å². The van der Waals surface area contributed by atoms with E-state index in [1.165, 1.54) is 10.9 Å². The van der Waals surface area contributed by atoms with Crippen molar-refractivity contribution >= 4 is 16.7 Å². The fourth-order valence-electron chi connectivity index (χ4n) is 2.69. The lowest BCUT2D eigenvalue weighted by molar-refractivity contribution is -0.121. The number of para-hydroxylation sites is 1. The number of ketones is 1. The smallest absolute Gasteiger partial charge is 0.139 e. The van der Waals surface area contributed by atoms with Crippen LogP contribution in [0.5, 0.6) is 0 Å². The second-order valence-electron chi connectivity index (χ2n) is 6.42. The minimum atomic E-state index is 0.0795. The lowest BCUT2D eigenvalue weighted by Gasteiger charge is -2.03. The molecule has 0 saturated heterocycles. The molecule has 0 spiro atoms. The summed E-state index contributed by atoms with van der Waals surface area (Å²) in [4.78, 5) is 11.8. The fraction of sp³-hybridized carbons (Fsp3) is 0.227. The highest BCUT2D eigenvalue weighted by molar-refractivity contribution is 5.86. The van der Waals surface area contributed by atoms with Crippen molar-refractivity contribution in [3.63, 3.8) is 0 Å². The predicted molar refractivity (Wildman–Crippen MR) is 98.9 cm³/mol. The van der Waals surface area contributed by atoms with Crippen LogP contribution in [-0.2, 0) is 18.3 Å². The molecule has 0 fully saturated rings. The van der Waals surface area contributed by atoms with E-state index >= 15 is 0 Å². The molecule has 0 N–H and O–H groups in total. The van der Waals surface area contributed by atoms with Gasteiger partial charge >= 0.3 is 0 Å². The van der Waals surface area contributed by atoms with Gasteiger partial charge in [0.15, 0.2) is 0 Å². The number of fused-ring (bicyclic) bond motifs is 1. The standard InChI is InChI=1S/C22H21NO/c1-16(2)22(24)14-18-10-8-17(9-11-18)12-13-19-15-23(3)21-7-5-4-6-20(19)21/h4-11,15-16H,14H2,1-3H3. The van der Waals surface area contributed by atoms with E-state index in [1.807, 2.05) is 57.3 Å². The van der Waals surface area contributed by atoms with Crippen LogP contribution in [0.2, 0.25) is 0 Å². The van der Waals surface area contributed by atoms with Crippen molar-refractivity contribution in [3.05, 3.63) is 71.4 Å². The largest absolute Gasteiger partial charge is 0.349 e. The summed E-state index contributed by atoms with van der Waals surface area (Å²) in [5, 5.41) is 1.17. The van der Waals surface area contributed by atoms with Crippen LogP contribution in [-0.4, -0.2) is 10.4 Å². The zero-order valence-electron chi connectivity index (χ0n) is 14.3. The summed E-state index contributed by atoms with van der Waals surface area (Å²) in [6.07, 6.45) is 2.56. The van der Waals surface area contributed by atoms with Crippen molar-refractivity contribution in [1.82, 2.24) is 4.57 Å². The molecule has 0 amide bonds. The number of carbonyl (C=O) groups is 1. The number of Topliss-reactive ketones (excluding diaryl/α,β-unsaturated/α-hetero) is 1. The quantitative estimate of drug-likeness (QED) is 0.659. The minimum Gasteiger partial charge on any atom is -0.349 e. The molecule has 0 atom stereocenters. The summed E-state index contributed by atoms with van der Waals surface area (Å²) >= 11 is 0. The molecule has 1 aromatic heterocycles. The normalized spacial score (nSPS) is 10.7. The van der Waals surface area contributed by atoms with Crippen molar-refractivity contribution in [2.24, 2.45) is 13.0 Å². The first-order valence-corrected chi connectivity index (χ1v) is 8.22. The molecule has 0 aliphatic carbocycles. The molecule has 1 heterocycles. The van der Waals surface area contributed by atoms with E-state index in [-0.39, 0.29) is 11.7 Å². The van der Waals surface area contributed by atoms with Gasteiger partial charge in [-0.2, -0.15) is 0 Å². The Morgan fingerprint density at radius 2 is 1.75 bits per heavy atom. The summed E-state index contributed by atoms with van der Waals surface area (Å²) in [6.45, 7) is 3.87. The molecule has 0 radical (unpaired) electrons. The number of aromatic nitrogens is 1. The number of hydrogen-bond donors (Lipinski definition) is 0. The summed E-state index contributed by atoms with van der Waals surface area (Å²) in [5.74, 6) is 6.83. The van der Waals surface area contributed by atoms with Crippen LogP contribution in [0.25, 0.3) is 10.9 Å². The van der Waals surface area contributed by atoms with E-state index in [4.69, 9.17) is 0 Å². The Kier molecular flexibility index (Phi) is 4.53. The number of rotatable bonds is 3. The molecule has 2 nitrogen and oxygen atoms in total. The minimum absolute atomic E-state index is 0.0795. The van der Waals surface area contributed by atoms with Gasteiger partial charge in [-0.15, -0.1) is 0 Å². The molecular formula is C22H21NO. The first-order valence-electron chi connectivity index (χ1n) is 8.22. The van der Waals surface area contributed by atoms with Crippen LogP contribution in [0.1, 0.15) is 30.5 Å². The maximum Gasteiger partial charge on any atom is 0.139 e. The lowest BCUT2D eigenvalue weighted by atomic mass is 10.0. The van der Waals surface area contributed by atoms with Crippen molar-refractivity contribution in [1.29, 1.82) is 0 Å². The number of hydrogen-bond acceptors (Lipinski definition) is 1. The molecule has 24 heavy (non-hydrogen) atoms. The fourth-order valence-corrected chi connectivity index (χ4v) is 2.69.